The van der Waals surface area contributed by atoms with Crippen molar-refractivity contribution >= 4 is 23.2 Å². The maximum absolute atomic E-state index is 12.6. The van der Waals surface area contributed by atoms with Gasteiger partial charge in [-0.05, 0) is 43.0 Å². The third-order valence-corrected chi connectivity index (χ3v) is 5.05. The van der Waals surface area contributed by atoms with Crippen LogP contribution in [0.4, 0.5) is 11.4 Å². The summed E-state index contributed by atoms with van der Waals surface area (Å²) in [6.07, 6.45) is 1.00. The van der Waals surface area contributed by atoms with Crippen LogP contribution in [0, 0.1) is 0 Å². The standard InChI is InChI=1S/C23H31N3O3/c1-5-17(3)20-12-7-8-13-21(20)25-23(28)16-26(6-2)15-22(27)24-18-10-9-11-19(14-18)29-4/h7-14,17H,5-6,15-16H2,1-4H3,(H,24,27)(H,25,28)/p+1/t17-/m1/s1. The molecule has 0 spiro atoms. The highest BCUT2D eigenvalue weighted by molar-refractivity contribution is 5.93. The average molecular weight is 399 g/mol. The lowest BCUT2D eigenvalue weighted by Crippen LogP contribution is -3.13. The molecule has 0 heterocycles. The first-order valence-electron chi connectivity index (χ1n) is 10.1. The van der Waals surface area contributed by atoms with Crippen molar-refractivity contribution in [3.63, 3.8) is 0 Å². The summed E-state index contributed by atoms with van der Waals surface area (Å²) in [5.74, 6) is 0.825. The Morgan fingerprint density at radius 1 is 1.00 bits per heavy atom. The lowest BCUT2D eigenvalue weighted by Gasteiger charge is -2.19. The van der Waals surface area contributed by atoms with Gasteiger partial charge in [0.2, 0.25) is 0 Å². The Morgan fingerprint density at radius 3 is 2.34 bits per heavy atom. The van der Waals surface area contributed by atoms with E-state index < -0.39 is 0 Å². The van der Waals surface area contributed by atoms with Gasteiger partial charge in [-0.15, -0.1) is 0 Å². The molecule has 0 radical (unpaired) electrons. The van der Waals surface area contributed by atoms with E-state index in [9.17, 15) is 9.59 Å². The maximum Gasteiger partial charge on any atom is 0.279 e. The number of para-hydroxylation sites is 1. The number of ether oxygens (including phenoxy) is 1. The highest BCUT2D eigenvalue weighted by Crippen LogP contribution is 2.26. The first-order chi connectivity index (χ1) is 14.0. The Labute approximate surface area is 173 Å². The Morgan fingerprint density at radius 2 is 1.69 bits per heavy atom. The van der Waals surface area contributed by atoms with E-state index in [2.05, 4.69) is 30.5 Å². The van der Waals surface area contributed by atoms with E-state index >= 15 is 0 Å². The summed E-state index contributed by atoms with van der Waals surface area (Å²) in [5, 5.41) is 5.89. The SMILES string of the molecule is CC[C@@H](C)c1ccccc1NC(=O)C[NH+](CC)CC(=O)Nc1cccc(OC)c1. The van der Waals surface area contributed by atoms with Gasteiger partial charge in [0.25, 0.3) is 11.8 Å². The van der Waals surface area contributed by atoms with E-state index in [1.165, 1.54) is 0 Å². The molecule has 0 saturated heterocycles. The highest BCUT2D eigenvalue weighted by atomic mass is 16.5. The normalized spacial score (nSPS) is 12.7. The van der Waals surface area contributed by atoms with Crippen molar-refractivity contribution < 1.29 is 19.2 Å². The van der Waals surface area contributed by atoms with Crippen LogP contribution in [0.1, 0.15) is 38.7 Å². The Kier molecular flexibility index (Phi) is 8.68. The zero-order valence-corrected chi connectivity index (χ0v) is 17.7. The molecular weight excluding hydrogens is 366 g/mol. The van der Waals surface area contributed by atoms with E-state index in [0.717, 1.165) is 22.6 Å². The van der Waals surface area contributed by atoms with Gasteiger partial charge >= 0.3 is 0 Å². The third kappa shape index (κ3) is 6.91. The number of anilines is 2. The molecule has 0 aliphatic heterocycles. The number of hydrogen-bond donors (Lipinski definition) is 3. The lowest BCUT2D eigenvalue weighted by molar-refractivity contribution is -0.881. The lowest BCUT2D eigenvalue weighted by atomic mass is 9.97. The fourth-order valence-corrected chi connectivity index (χ4v) is 3.13. The molecule has 2 atom stereocenters. The van der Waals surface area contributed by atoms with Crippen molar-refractivity contribution in [2.45, 2.75) is 33.1 Å². The first kappa shape index (κ1) is 22.4. The van der Waals surface area contributed by atoms with Crippen LogP contribution in [0.25, 0.3) is 0 Å². The van der Waals surface area contributed by atoms with E-state index in [-0.39, 0.29) is 24.9 Å². The number of nitrogens with one attached hydrogen (secondary N) is 3. The van der Waals surface area contributed by atoms with Crippen molar-refractivity contribution in [1.29, 1.82) is 0 Å². The molecule has 6 heteroatoms. The van der Waals surface area contributed by atoms with E-state index in [4.69, 9.17) is 4.74 Å². The number of hydrogen-bond acceptors (Lipinski definition) is 3. The van der Waals surface area contributed by atoms with Gasteiger partial charge in [-0.2, -0.15) is 0 Å². The van der Waals surface area contributed by atoms with E-state index in [1.54, 1.807) is 13.2 Å². The summed E-state index contributed by atoms with van der Waals surface area (Å²) in [6, 6.07) is 15.1. The minimum Gasteiger partial charge on any atom is -0.497 e. The fourth-order valence-electron chi connectivity index (χ4n) is 3.13. The van der Waals surface area contributed by atoms with Crippen molar-refractivity contribution in [2.24, 2.45) is 0 Å². The molecule has 1 unspecified atom stereocenters. The zero-order valence-electron chi connectivity index (χ0n) is 17.7. The van der Waals surface area contributed by atoms with Gasteiger partial charge in [0.1, 0.15) is 5.75 Å². The van der Waals surface area contributed by atoms with Crippen LogP contribution in [0.15, 0.2) is 48.5 Å². The van der Waals surface area contributed by atoms with Gasteiger partial charge in [-0.1, -0.05) is 38.1 Å². The Hall–Kier alpha value is -2.86. The van der Waals surface area contributed by atoms with Crippen molar-refractivity contribution in [3.8, 4) is 5.75 Å². The van der Waals surface area contributed by atoms with E-state index in [1.807, 2.05) is 43.3 Å². The quantitative estimate of drug-likeness (QED) is 0.576. The van der Waals surface area contributed by atoms with Crippen molar-refractivity contribution in [1.82, 2.24) is 0 Å². The molecule has 3 N–H and O–H groups in total. The first-order valence-corrected chi connectivity index (χ1v) is 10.1. The molecule has 0 fully saturated rings. The molecular formula is C23H32N3O3+. The van der Waals surface area contributed by atoms with Crippen LogP contribution in [-0.4, -0.2) is 38.6 Å². The van der Waals surface area contributed by atoms with Crippen LogP contribution < -0.4 is 20.3 Å². The molecule has 0 saturated carbocycles. The van der Waals surface area contributed by atoms with Crippen LogP contribution in [0.2, 0.25) is 0 Å². The molecule has 0 bridgehead atoms. The molecule has 2 aromatic carbocycles. The van der Waals surface area contributed by atoms with Crippen molar-refractivity contribution in [3.05, 3.63) is 54.1 Å². The predicted octanol–water partition coefficient (Wildman–Crippen LogP) is 2.69. The minimum atomic E-state index is -0.136. The number of amides is 2. The molecule has 2 rings (SSSR count). The summed E-state index contributed by atoms with van der Waals surface area (Å²) in [4.78, 5) is 25.9. The zero-order chi connectivity index (χ0) is 21.2. The number of carbonyl (C=O) groups is 2. The molecule has 29 heavy (non-hydrogen) atoms. The van der Waals surface area contributed by atoms with Gasteiger partial charge in [-0.3, -0.25) is 9.59 Å². The van der Waals surface area contributed by atoms with Crippen LogP contribution in [0.5, 0.6) is 5.75 Å². The van der Waals surface area contributed by atoms with Gasteiger partial charge in [0, 0.05) is 17.4 Å². The number of rotatable bonds is 10. The number of methoxy groups -OCH3 is 1. The summed E-state index contributed by atoms with van der Waals surface area (Å²) < 4.78 is 5.17. The van der Waals surface area contributed by atoms with Crippen molar-refractivity contribution in [2.75, 3.05) is 37.4 Å². The molecule has 0 aliphatic rings. The number of benzene rings is 2. The molecule has 156 valence electrons. The van der Waals surface area contributed by atoms with Crippen LogP contribution >= 0.6 is 0 Å². The number of likely N-dealkylation sites (N-methyl/N-ethyl adjacent to an activating group) is 1. The topological polar surface area (TPSA) is 71.9 Å². The van der Waals surface area contributed by atoms with Crippen LogP contribution in [-0.2, 0) is 9.59 Å². The fraction of sp³-hybridized carbons (Fsp3) is 0.391. The second-order valence-corrected chi connectivity index (χ2v) is 7.18. The van der Waals surface area contributed by atoms with Gasteiger partial charge in [0.05, 0.1) is 13.7 Å². The maximum atomic E-state index is 12.6. The molecule has 0 aliphatic carbocycles. The molecule has 6 nitrogen and oxygen atoms in total. The van der Waals surface area contributed by atoms with Gasteiger partial charge < -0.3 is 20.3 Å². The van der Waals surface area contributed by atoms with Gasteiger partial charge in [0.15, 0.2) is 13.1 Å². The van der Waals surface area contributed by atoms with Crippen LogP contribution in [0.3, 0.4) is 0 Å². The van der Waals surface area contributed by atoms with E-state index in [0.29, 0.717) is 23.9 Å². The monoisotopic (exact) mass is 398 g/mol. The molecule has 0 aromatic heterocycles. The predicted molar refractivity (Wildman–Crippen MR) is 117 cm³/mol. The van der Waals surface area contributed by atoms with Gasteiger partial charge in [-0.25, -0.2) is 0 Å². The molecule has 2 amide bonds. The Bertz CT molecular complexity index is 823. The third-order valence-electron chi connectivity index (χ3n) is 5.05. The summed E-state index contributed by atoms with van der Waals surface area (Å²) in [7, 11) is 1.59. The largest absolute Gasteiger partial charge is 0.497 e. The highest BCUT2D eigenvalue weighted by Gasteiger charge is 2.18. The summed E-state index contributed by atoms with van der Waals surface area (Å²) >= 11 is 0. The number of quaternary nitrogens is 1. The minimum absolute atomic E-state index is 0.0909. The summed E-state index contributed by atoms with van der Waals surface area (Å²) in [6.45, 7) is 7.37. The average Bonchev–Trinajstić information content (AvgIpc) is 2.73. The smallest absolute Gasteiger partial charge is 0.279 e. The Balaban J connectivity index is 1.93. The molecule has 2 aromatic rings. The second kappa shape index (κ2) is 11.2. The summed E-state index contributed by atoms with van der Waals surface area (Å²) in [5.41, 5.74) is 2.66. The number of carbonyl (C=O) groups excluding carboxylic acids is 2. The second-order valence-electron chi connectivity index (χ2n) is 7.18.